The highest BCUT2D eigenvalue weighted by Crippen LogP contribution is 2.34. The van der Waals surface area contributed by atoms with Crippen LogP contribution in [0.4, 0.5) is 0 Å². The van der Waals surface area contributed by atoms with Gasteiger partial charge in [0.25, 0.3) is 0 Å². The lowest BCUT2D eigenvalue weighted by molar-refractivity contribution is 0.297. The minimum absolute atomic E-state index is 0.183. The van der Waals surface area contributed by atoms with Crippen LogP contribution in [-0.2, 0) is 16.4 Å². The van der Waals surface area contributed by atoms with Crippen LogP contribution in [0.2, 0.25) is 0 Å². The second-order valence-electron chi connectivity index (χ2n) is 6.02. The van der Waals surface area contributed by atoms with Crippen LogP contribution in [-0.4, -0.2) is 21.6 Å². The highest BCUT2D eigenvalue weighted by Gasteiger charge is 2.28. The van der Waals surface area contributed by atoms with Gasteiger partial charge < -0.3 is 13.9 Å². The Morgan fingerprint density at radius 2 is 1.88 bits per heavy atom. The Hall–Kier alpha value is -1.99. The maximum atomic E-state index is 12.8. The fourth-order valence-electron chi connectivity index (χ4n) is 3.17. The normalized spacial score (nSPS) is 20.2. The zero-order chi connectivity index (χ0) is 16.6. The predicted octanol–water partition coefficient (Wildman–Crippen LogP) is 2.80. The van der Waals surface area contributed by atoms with Gasteiger partial charge in [-0.15, -0.1) is 0 Å². The lowest BCUT2D eigenvalue weighted by Gasteiger charge is -2.22. The van der Waals surface area contributed by atoms with Crippen LogP contribution in [0, 0.1) is 0 Å². The molecule has 1 atom stereocenters. The number of sulfonamides is 1. The van der Waals surface area contributed by atoms with Crippen LogP contribution in [0.1, 0.15) is 36.6 Å². The maximum absolute atomic E-state index is 12.8. The Morgan fingerprint density at radius 3 is 2.75 bits per heavy atom. The Labute approximate surface area is 140 Å². The van der Waals surface area contributed by atoms with Gasteiger partial charge in [-0.1, -0.05) is 0 Å². The first-order valence-corrected chi connectivity index (χ1v) is 9.60. The minimum Gasteiger partial charge on any atom is -0.490 e. The van der Waals surface area contributed by atoms with Crippen LogP contribution in [0.5, 0.6) is 11.5 Å². The summed E-state index contributed by atoms with van der Waals surface area (Å²) in [5.41, 5.74) is 0.930. The zero-order valence-corrected chi connectivity index (χ0v) is 14.0. The van der Waals surface area contributed by atoms with Crippen molar-refractivity contribution in [3.8, 4) is 11.5 Å². The number of ether oxygens (including phenoxy) is 2. The summed E-state index contributed by atoms with van der Waals surface area (Å²) in [6, 6.07) is 6.32. The number of hydrogen-bond donors (Lipinski definition) is 1. The molecule has 2 aromatic rings. The molecule has 128 valence electrons. The molecule has 1 aliphatic carbocycles. The Balaban J connectivity index is 1.61. The van der Waals surface area contributed by atoms with Crippen molar-refractivity contribution in [2.75, 3.05) is 13.2 Å². The van der Waals surface area contributed by atoms with E-state index in [1.54, 1.807) is 18.4 Å². The van der Waals surface area contributed by atoms with E-state index in [2.05, 4.69) is 4.72 Å². The lowest BCUT2D eigenvalue weighted by atomic mass is 9.94. The number of hydrogen-bond acceptors (Lipinski definition) is 5. The first kappa shape index (κ1) is 15.5. The van der Waals surface area contributed by atoms with Gasteiger partial charge in [0.05, 0.1) is 30.4 Å². The molecular formula is C17H19NO5S. The molecule has 0 saturated carbocycles. The molecule has 24 heavy (non-hydrogen) atoms. The first-order chi connectivity index (χ1) is 11.6. The molecule has 1 aliphatic heterocycles. The third-order valence-corrected chi connectivity index (χ3v) is 5.85. The van der Waals surface area contributed by atoms with E-state index in [-0.39, 0.29) is 10.9 Å². The molecule has 2 heterocycles. The molecule has 6 nitrogen and oxygen atoms in total. The highest BCUT2D eigenvalue weighted by atomic mass is 32.2. The fraction of sp³-hybridized carbons (Fsp3) is 0.412. The van der Waals surface area contributed by atoms with Gasteiger partial charge in [-0.2, -0.15) is 0 Å². The van der Waals surface area contributed by atoms with E-state index < -0.39 is 10.0 Å². The van der Waals surface area contributed by atoms with Crippen LogP contribution in [0.15, 0.2) is 39.8 Å². The minimum atomic E-state index is -3.65. The van der Waals surface area contributed by atoms with Gasteiger partial charge in [0.2, 0.25) is 10.0 Å². The van der Waals surface area contributed by atoms with Crippen LogP contribution in [0.3, 0.4) is 0 Å². The summed E-state index contributed by atoms with van der Waals surface area (Å²) in [7, 11) is -3.65. The molecule has 7 heteroatoms. The summed E-state index contributed by atoms with van der Waals surface area (Å²) < 4.78 is 44.9. The molecule has 0 spiro atoms. The van der Waals surface area contributed by atoms with Crippen molar-refractivity contribution in [2.24, 2.45) is 0 Å². The number of nitrogens with one attached hydrogen (secondary N) is 1. The summed E-state index contributed by atoms with van der Waals surface area (Å²) in [6.07, 6.45) is 4.90. The Bertz CT molecular complexity index is 842. The average Bonchev–Trinajstić information content (AvgIpc) is 2.93. The molecule has 0 saturated heterocycles. The number of rotatable bonds is 3. The van der Waals surface area contributed by atoms with Gasteiger partial charge in [-0.25, -0.2) is 13.1 Å². The SMILES string of the molecule is O=S(=O)(N[C@H]1CCCc2occc21)c1ccc2c(c1)OCCCO2. The summed E-state index contributed by atoms with van der Waals surface area (Å²) in [6.45, 7) is 1.09. The highest BCUT2D eigenvalue weighted by molar-refractivity contribution is 7.89. The van der Waals surface area contributed by atoms with E-state index in [1.165, 1.54) is 6.07 Å². The smallest absolute Gasteiger partial charge is 0.241 e. The van der Waals surface area contributed by atoms with Crippen molar-refractivity contribution in [1.29, 1.82) is 0 Å². The lowest BCUT2D eigenvalue weighted by Crippen LogP contribution is -2.30. The van der Waals surface area contributed by atoms with Crippen molar-refractivity contribution in [2.45, 2.75) is 36.6 Å². The fourth-order valence-corrected chi connectivity index (χ4v) is 4.44. The van der Waals surface area contributed by atoms with Crippen molar-refractivity contribution in [3.63, 3.8) is 0 Å². The molecule has 0 bridgehead atoms. The Morgan fingerprint density at radius 1 is 1.04 bits per heavy atom. The van der Waals surface area contributed by atoms with Crippen molar-refractivity contribution in [3.05, 3.63) is 41.9 Å². The molecule has 0 fully saturated rings. The van der Waals surface area contributed by atoms with Gasteiger partial charge in [0.15, 0.2) is 11.5 Å². The maximum Gasteiger partial charge on any atom is 0.241 e. The van der Waals surface area contributed by atoms with Crippen LogP contribution in [0.25, 0.3) is 0 Å². The molecule has 1 aromatic heterocycles. The van der Waals surface area contributed by atoms with E-state index >= 15 is 0 Å². The molecule has 4 rings (SSSR count). The van der Waals surface area contributed by atoms with Crippen LogP contribution >= 0.6 is 0 Å². The summed E-state index contributed by atoms with van der Waals surface area (Å²) in [5, 5.41) is 0. The van der Waals surface area contributed by atoms with E-state index in [1.807, 2.05) is 6.07 Å². The third kappa shape index (κ3) is 2.89. The summed E-state index contributed by atoms with van der Waals surface area (Å²) in [4.78, 5) is 0.183. The summed E-state index contributed by atoms with van der Waals surface area (Å²) >= 11 is 0. The summed E-state index contributed by atoms with van der Waals surface area (Å²) in [5.74, 6) is 1.93. The van der Waals surface area contributed by atoms with E-state index in [9.17, 15) is 8.42 Å². The molecule has 1 aromatic carbocycles. The number of benzene rings is 1. The Kier molecular flexibility index (Phi) is 3.97. The molecular weight excluding hydrogens is 330 g/mol. The zero-order valence-electron chi connectivity index (χ0n) is 13.2. The monoisotopic (exact) mass is 349 g/mol. The molecule has 0 unspecified atom stereocenters. The molecule has 1 N–H and O–H groups in total. The second kappa shape index (κ2) is 6.14. The number of furan rings is 1. The average molecular weight is 349 g/mol. The molecule has 0 radical (unpaired) electrons. The van der Waals surface area contributed by atoms with E-state index in [0.29, 0.717) is 24.7 Å². The van der Waals surface area contributed by atoms with Crippen molar-refractivity contribution in [1.82, 2.24) is 4.72 Å². The van der Waals surface area contributed by atoms with E-state index in [4.69, 9.17) is 13.9 Å². The predicted molar refractivity (Wildman–Crippen MR) is 86.8 cm³/mol. The quantitative estimate of drug-likeness (QED) is 0.922. The molecule has 2 aliphatic rings. The van der Waals surface area contributed by atoms with Gasteiger partial charge in [-0.3, -0.25) is 0 Å². The van der Waals surface area contributed by atoms with Gasteiger partial charge in [0, 0.05) is 24.5 Å². The first-order valence-electron chi connectivity index (χ1n) is 8.12. The topological polar surface area (TPSA) is 77.8 Å². The van der Waals surface area contributed by atoms with E-state index in [0.717, 1.165) is 37.0 Å². The van der Waals surface area contributed by atoms with Crippen LogP contribution < -0.4 is 14.2 Å². The van der Waals surface area contributed by atoms with Gasteiger partial charge in [0.1, 0.15) is 5.76 Å². The van der Waals surface area contributed by atoms with Crippen molar-refractivity contribution < 1.29 is 22.3 Å². The largest absolute Gasteiger partial charge is 0.490 e. The number of aryl methyl sites for hydroxylation is 1. The van der Waals surface area contributed by atoms with Gasteiger partial charge >= 0.3 is 0 Å². The third-order valence-electron chi connectivity index (χ3n) is 4.38. The standard InChI is InChI=1S/C17H19NO5S/c19-24(20,18-14-3-1-4-15-13(14)7-10-23-15)12-5-6-16-17(11-12)22-9-2-8-21-16/h5-7,10-11,14,18H,1-4,8-9H2/t14-/m0/s1. The second-order valence-corrected chi connectivity index (χ2v) is 7.74. The van der Waals surface area contributed by atoms with Crippen molar-refractivity contribution >= 4 is 10.0 Å². The number of fused-ring (bicyclic) bond motifs is 2. The van der Waals surface area contributed by atoms with Gasteiger partial charge in [-0.05, 0) is 31.0 Å². The molecule has 0 amide bonds.